The van der Waals surface area contributed by atoms with E-state index in [0.717, 1.165) is 36.4 Å². The van der Waals surface area contributed by atoms with Crippen molar-refractivity contribution >= 4 is 17.9 Å². The second kappa shape index (κ2) is 9.93. The average Bonchev–Trinajstić information content (AvgIpc) is 2.81. The third-order valence-electron chi connectivity index (χ3n) is 6.47. The molecule has 166 valence electrons. The number of benzene rings is 3. The van der Waals surface area contributed by atoms with E-state index in [4.69, 9.17) is 0 Å². The monoisotopic (exact) mass is 444 g/mol. The van der Waals surface area contributed by atoms with Crippen LogP contribution in [-0.2, 0) is 0 Å². The molecule has 3 nitrogen and oxygen atoms in total. The van der Waals surface area contributed by atoms with Gasteiger partial charge in [0.2, 0.25) is 0 Å². The van der Waals surface area contributed by atoms with Crippen molar-refractivity contribution in [2.24, 2.45) is 0 Å². The van der Waals surface area contributed by atoms with Gasteiger partial charge in [-0.3, -0.25) is 4.79 Å². The molecule has 0 N–H and O–H groups in total. The smallest absolute Gasteiger partial charge is 0.253 e. The van der Waals surface area contributed by atoms with Crippen LogP contribution in [-0.4, -0.2) is 42.3 Å². The number of aryl methyl sites for hydroxylation is 1. The van der Waals surface area contributed by atoms with Crippen molar-refractivity contribution < 1.29 is 4.79 Å². The zero-order chi connectivity index (χ0) is 22.7. The van der Waals surface area contributed by atoms with Gasteiger partial charge in [-0.1, -0.05) is 48.5 Å². The van der Waals surface area contributed by atoms with Gasteiger partial charge in [0.05, 0.1) is 0 Å². The van der Waals surface area contributed by atoms with Crippen LogP contribution in [0, 0.1) is 13.8 Å². The molecule has 0 aromatic heterocycles. The van der Waals surface area contributed by atoms with Gasteiger partial charge in [-0.2, -0.15) is 0 Å². The first-order chi connectivity index (χ1) is 15.4. The van der Waals surface area contributed by atoms with Crippen molar-refractivity contribution in [2.75, 3.05) is 27.2 Å². The Morgan fingerprint density at radius 2 is 1.62 bits per heavy atom. The van der Waals surface area contributed by atoms with E-state index in [1.54, 1.807) is 30.9 Å². The van der Waals surface area contributed by atoms with Gasteiger partial charge < -0.3 is 4.90 Å². The van der Waals surface area contributed by atoms with Gasteiger partial charge in [0.1, 0.15) is 0 Å². The normalized spacial score (nSPS) is 15.0. The molecule has 0 saturated carbocycles. The molecule has 3 aromatic rings. The Morgan fingerprint density at radius 1 is 0.938 bits per heavy atom. The first kappa shape index (κ1) is 22.6. The number of amides is 1. The van der Waals surface area contributed by atoms with Crippen LogP contribution in [0.4, 0.5) is 0 Å². The fourth-order valence-electron chi connectivity index (χ4n) is 4.37. The lowest BCUT2D eigenvalue weighted by Crippen LogP contribution is -2.27. The van der Waals surface area contributed by atoms with Crippen molar-refractivity contribution in [3.8, 4) is 11.1 Å². The first-order valence-corrected chi connectivity index (χ1v) is 12.1. The molecule has 1 heterocycles. The molecule has 1 aliphatic rings. The van der Waals surface area contributed by atoms with Crippen LogP contribution < -0.4 is 0 Å². The summed E-state index contributed by atoms with van der Waals surface area (Å²) in [6.45, 7) is 6.49. The Morgan fingerprint density at radius 3 is 2.31 bits per heavy atom. The number of nitrogens with zero attached hydrogens (tertiary/aromatic N) is 2. The van der Waals surface area contributed by atoms with E-state index >= 15 is 0 Å². The zero-order valence-electron chi connectivity index (χ0n) is 19.5. The maximum atomic E-state index is 12.2. The minimum Gasteiger partial charge on any atom is -0.345 e. The molecule has 4 heteroatoms. The summed E-state index contributed by atoms with van der Waals surface area (Å²) in [6, 6.07) is 23.7. The second-order valence-electron chi connectivity index (χ2n) is 8.89. The molecule has 1 saturated heterocycles. The van der Waals surface area contributed by atoms with E-state index in [9.17, 15) is 4.79 Å². The zero-order valence-corrected chi connectivity index (χ0v) is 20.3. The van der Waals surface area contributed by atoms with Crippen molar-refractivity contribution in [1.29, 1.82) is 0 Å². The van der Waals surface area contributed by atoms with Crippen LogP contribution >= 0.6 is 11.9 Å². The van der Waals surface area contributed by atoms with Gasteiger partial charge >= 0.3 is 0 Å². The molecule has 0 atom stereocenters. The van der Waals surface area contributed by atoms with Crippen molar-refractivity contribution in [1.82, 2.24) is 9.21 Å². The van der Waals surface area contributed by atoms with Crippen molar-refractivity contribution in [3.05, 3.63) is 89.0 Å². The van der Waals surface area contributed by atoms with Gasteiger partial charge in [-0.05, 0) is 90.6 Å². The highest BCUT2D eigenvalue weighted by Crippen LogP contribution is 2.35. The maximum absolute atomic E-state index is 12.2. The van der Waals surface area contributed by atoms with Crippen LogP contribution in [0.25, 0.3) is 11.1 Å². The van der Waals surface area contributed by atoms with Crippen molar-refractivity contribution in [2.45, 2.75) is 37.5 Å². The molecule has 0 aliphatic carbocycles. The number of hydrogen-bond acceptors (Lipinski definition) is 3. The molecular weight excluding hydrogens is 412 g/mol. The lowest BCUT2D eigenvalue weighted by Gasteiger charge is -2.31. The first-order valence-electron chi connectivity index (χ1n) is 11.3. The fourth-order valence-corrected chi connectivity index (χ4v) is 5.38. The van der Waals surface area contributed by atoms with Gasteiger partial charge in [0, 0.05) is 37.6 Å². The highest BCUT2D eigenvalue weighted by atomic mass is 32.2. The molecule has 4 rings (SSSR count). The molecule has 1 fully saturated rings. The van der Waals surface area contributed by atoms with Crippen LogP contribution in [0.5, 0.6) is 0 Å². The lowest BCUT2D eigenvalue weighted by molar-refractivity contribution is 0.0827. The quantitative estimate of drug-likeness (QED) is 0.416. The summed E-state index contributed by atoms with van der Waals surface area (Å²) >= 11 is 1.77. The van der Waals surface area contributed by atoms with E-state index in [1.165, 1.54) is 27.8 Å². The molecule has 0 radical (unpaired) electrons. The molecule has 0 spiro atoms. The predicted molar refractivity (Wildman–Crippen MR) is 135 cm³/mol. The van der Waals surface area contributed by atoms with Crippen molar-refractivity contribution in [3.63, 3.8) is 0 Å². The van der Waals surface area contributed by atoms with E-state index < -0.39 is 0 Å². The third kappa shape index (κ3) is 5.08. The summed E-state index contributed by atoms with van der Waals surface area (Å²) in [7, 11) is 3.59. The summed E-state index contributed by atoms with van der Waals surface area (Å²) in [4.78, 5) is 15.0. The topological polar surface area (TPSA) is 23.6 Å². The Labute approximate surface area is 196 Å². The van der Waals surface area contributed by atoms with Gasteiger partial charge in [0.25, 0.3) is 5.91 Å². The van der Waals surface area contributed by atoms with E-state index in [2.05, 4.69) is 66.7 Å². The average molecular weight is 445 g/mol. The number of rotatable bonds is 5. The van der Waals surface area contributed by atoms with Gasteiger partial charge in [-0.25, -0.2) is 4.31 Å². The highest BCUT2D eigenvalue weighted by Gasteiger charge is 2.22. The second-order valence-corrected chi connectivity index (χ2v) is 10.1. The van der Waals surface area contributed by atoms with E-state index in [0.29, 0.717) is 5.92 Å². The maximum Gasteiger partial charge on any atom is 0.253 e. The number of piperidine rings is 1. The Bertz CT molecular complexity index is 1080. The molecule has 0 bridgehead atoms. The number of carbonyl (C=O) groups is 1. The Hall–Kier alpha value is -2.56. The molecule has 1 amide bonds. The molecular formula is C28H32N2OS. The lowest BCUT2D eigenvalue weighted by atomic mass is 9.88. The van der Waals surface area contributed by atoms with E-state index in [1.807, 2.05) is 18.2 Å². The summed E-state index contributed by atoms with van der Waals surface area (Å²) in [5.74, 6) is 0.664. The molecule has 3 aromatic carbocycles. The van der Waals surface area contributed by atoms with E-state index in [-0.39, 0.29) is 5.91 Å². The van der Waals surface area contributed by atoms with Crippen LogP contribution in [0.2, 0.25) is 0 Å². The summed E-state index contributed by atoms with van der Waals surface area (Å²) in [6.07, 6.45) is 2.32. The minimum atomic E-state index is 0.0514. The molecule has 0 unspecified atom stereocenters. The van der Waals surface area contributed by atoms with Gasteiger partial charge in [-0.15, -0.1) is 0 Å². The number of carbonyl (C=O) groups excluding carboxylic acids is 1. The standard InChI is InChI=1S/C28H32N2OS/c1-20-7-5-10-27(21(20)2)24-13-11-22(12-14-24)23-15-17-30(18-16-23)32-26-9-6-8-25(19-26)28(31)29(3)4/h5-14,19,23H,15-18H2,1-4H3. The summed E-state index contributed by atoms with van der Waals surface area (Å²) in [5.41, 5.74) is 7.53. The van der Waals surface area contributed by atoms with Crippen LogP contribution in [0.3, 0.4) is 0 Å². The summed E-state index contributed by atoms with van der Waals surface area (Å²) < 4.78 is 2.43. The number of hydrogen-bond donors (Lipinski definition) is 0. The Kier molecular flexibility index (Phi) is 7.02. The SMILES string of the molecule is Cc1cccc(-c2ccc(C3CCN(Sc4cccc(C(=O)N(C)C)c4)CC3)cc2)c1C. The Balaban J connectivity index is 1.36. The predicted octanol–water partition coefficient (Wildman–Crippen LogP) is 6.56. The molecule has 32 heavy (non-hydrogen) atoms. The van der Waals surface area contributed by atoms with Crippen LogP contribution in [0.15, 0.2) is 71.6 Å². The fraction of sp³-hybridized carbons (Fsp3) is 0.321. The highest BCUT2D eigenvalue weighted by molar-refractivity contribution is 7.97. The summed E-state index contributed by atoms with van der Waals surface area (Å²) in [5, 5.41) is 0. The van der Waals surface area contributed by atoms with Gasteiger partial charge in [0.15, 0.2) is 0 Å². The minimum absolute atomic E-state index is 0.0514. The van der Waals surface area contributed by atoms with Crippen LogP contribution in [0.1, 0.15) is 45.8 Å². The molecule has 1 aliphatic heterocycles. The third-order valence-corrected chi connectivity index (χ3v) is 7.56. The largest absolute Gasteiger partial charge is 0.345 e.